The fraction of sp³-hybridized carbons (Fsp3) is 0.148. The van der Waals surface area contributed by atoms with Gasteiger partial charge in [-0.05, 0) is 60.0 Å². The maximum absolute atomic E-state index is 12.3. The normalized spacial score (nSPS) is 12.2. The van der Waals surface area contributed by atoms with Crippen LogP contribution in [0, 0.1) is 11.8 Å². The van der Waals surface area contributed by atoms with Crippen LogP contribution in [0.2, 0.25) is 5.02 Å². The summed E-state index contributed by atoms with van der Waals surface area (Å²) in [7, 11) is -1.34. The number of hydrogen-bond acceptors (Lipinski definition) is 3. The molecule has 6 heteroatoms. The number of halogens is 1. The molecular formula is C27H22ClNO3S. The lowest BCUT2D eigenvalue weighted by Crippen LogP contribution is -2.05. The van der Waals surface area contributed by atoms with Gasteiger partial charge in [0.1, 0.15) is 0 Å². The molecule has 0 aliphatic carbocycles. The number of aromatic nitrogens is 1. The number of fused-ring (bicyclic) bond motifs is 1. The second kappa shape index (κ2) is 9.27. The Morgan fingerprint density at radius 1 is 0.970 bits per heavy atom. The van der Waals surface area contributed by atoms with E-state index in [9.17, 15) is 13.2 Å². The quantitative estimate of drug-likeness (QED) is 0.391. The molecule has 3 aromatic carbocycles. The van der Waals surface area contributed by atoms with Crippen molar-refractivity contribution in [2.75, 3.05) is 6.26 Å². The molecular weight excluding hydrogens is 454 g/mol. The van der Waals surface area contributed by atoms with E-state index < -0.39 is 9.84 Å². The van der Waals surface area contributed by atoms with Crippen LogP contribution in [0.5, 0.6) is 0 Å². The predicted octanol–water partition coefficient (Wildman–Crippen LogP) is 4.97. The lowest BCUT2D eigenvalue weighted by Gasteiger charge is -2.12. The van der Waals surface area contributed by atoms with E-state index in [0.717, 1.165) is 22.2 Å². The summed E-state index contributed by atoms with van der Waals surface area (Å²) >= 11 is 6.07. The Bertz CT molecular complexity index is 1540. The molecule has 0 amide bonds. The number of benzene rings is 3. The Balaban J connectivity index is 1.70. The zero-order valence-corrected chi connectivity index (χ0v) is 19.8. The van der Waals surface area contributed by atoms with Crippen LogP contribution in [-0.4, -0.2) is 19.2 Å². The molecule has 0 aliphatic rings. The molecule has 0 saturated carbocycles. The van der Waals surface area contributed by atoms with E-state index in [1.807, 2.05) is 66.2 Å². The molecule has 1 aromatic heterocycles. The van der Waals surface area contributed by atoms with Crippen LogP contribution in [0.3, 0.4) is 0 Å². The molecule has 4 nitrogen and oxygen atoms in total. The van der Waals surface area contributed by atoms with Crippen molar-refractivity contribution in [2.24, 2.45) is 7.05 Å². The van der Waals surface area contributed by atoms with Gasteiger partial charge in [0, 0.05) is 47.5 Å². The van der Waals surface area contributed by atoms with Crippen molar-refractivity contribution in [1.82, 2.24) is 4.57 Å². The summed E-state index contributed by atoms with van der Waals surface area (Å²) in [5.41, 5.74) is 3.57. The smallest absolute Gasteiger partial charge is 0.189 e. The van der Waals surface area contributed by atoms with Gasteiger partial charge in [0.2, 0.25) is 0 Å². The Morgan fingerprint density at radius 2 is 1.67 bits per heavy atom. The first-order valence-corrected chi connectivity index (χ1v) is 12.6. The van der Waals surface area contributed by atoms with Crippen molar-refractivity contribution in [2.45, 2.75) is 17.2 Å². The van der Waals surface area contributed by atoms with E-state index in [0.29, 0.717) is 16.8 Å². The monoisotopic (exact) mass is 475 g/mol. The van der Waals surface area contributed by atoms with Crippen molar-refractivity contribution in [3.05, 3.63) is 111 Å². The summed E-state index contributed by atoms with van der Waals surface area (Å²) in [6.07, 6.45) is 3.55. The van der Waals surface area contributed by atoms with Gasteiger partial charge in [-0.1, -0.05) is 47.7 Å². The Labute approximate surface area is 198 Å². The second-order valence-electron chi connectivity index (χ2n) is 8.02. The summed E-state index contributed by atoms with van der Waals surface area (Å²) in [4.78, 5) is 12.6. The third kappa shape index (κ3) is 5.36. The van der Waals surface area contributed by atoms with Gasteiger partial charge in [-0.3, -0.25) is 4.79 Å². The molecule has 33 heavy (non-hydrogen) atoms. The standard InChI is InChI=1S/C27H22ClNO3S/c1-29-16-15-27(30)25-18-20(6-14-26(25)29)3-7-22(21-8-10-23(28)11-9-21)17-19-4-12-24(13-5-19)33(2,31)32/h4-6,8-16,18,22H,17H2,1-2H3. The minimum atomic E-state index is -3.25. The Kier molecular flexibility index (Phi) is 6.42. The minimum Gasteiger partial charge on any atom is -0.350 e. The van der Waals surface area contributed by atoms with Gasteiger partial charge in [0.25, 0.3) is 0 Å². The zero-order valence-electron chi connectivity index (χ0n) is 18.2. The number of sulfone groups is 1. The fourth-order valence-corrected chi connectivity index (χ4v) is 4.45. The minimum absolute atomic E-state index is 0.0352. The van der Waals surface area contributed by atoms with Gasteiger partial charge in [0.15, 0.2) is 15.3 Å². The van der Waals surface area contributed by atoms with Crippen molar-refractivity contribution in [3.8, 4) is 11.8 Å². The molecule has 0 bridgehead atoms. The molecule has 0 aliphatic heterocycles. The van der Waals surface area contributed by atoms with Gasteiger partial charge in [-0.25, -0.2) is 8.42 Å². The van der Waals surface area contributed by atoms with E-state index in [4.69, 9.17) is 11.6 Å². The molecule has 1 atom stereocenters. The molecule has 0 N–H and O–H groups in total. The van der Waals surface area contributed by atoms with Gasteiger partial charge in [-0.15, -0.1) is 0 Å². The van der Waals surface area contributed by atoms with Gasteiger partial charge < -0.3 is 4.57 Å². The Hall–Kier alpha value is -3.33. The largest absolute Gasteiger partial charge is 0.350 e. The summed E-state index contributed by atoms with van der Waals surface area (Å²) in [6.45, 7) is 0. The zero-order chi connectivity index (χ0) is 23.6. The van der Waals surface area contributed by atoms with E-state index >= 15 is 0 Å². The van der Waals surface area contributed by atoms with E-state index in [-0.39, 0.29) is 16.2 Å². The van der Waals surface area contributed by atoms with Crippen LogP contribution in [0.25, 0.3) is 10.9 Å². The van der Waals surface area contributed by atoms with Crippen molar-refractivity contribution in [1.29, 1.82) is 0 Å². The number of rotatable bonds is 4. The van der Waals surface area contributed by atoms with E-state index in [2.05, 4.69) is 11.8 Å². The van der Waals surface area contributed by atoms with E-state index in [1.54, 1.807) is 24.4 Å². The molecule has 0 fully saturated rings. The first kappa shape index (κ1) is 22.8. The molecule has 1 unspecified atom stereocenters. The highest BCUT2D eigenvalue weighted by Crippen LogP contribution is 2.24. The average Bonchev–Trinajstić information content (AvgIpc) is 2.79. The SMILES string of the molecule is Cn1ccc(=O)c2cc(C#CC(Cc3ccc(S(C)(=O)=O)cc3)c3ccc(Cl)cc3)ccc21. The van der Waals surface area contributed by atoms with Crippen LogP contribution in [-0.2, 0) is 23.3 Å². The summed E-state index contributed by atoms with van der Waals surface area (Å²) in [5.74, 6) is 6.43. The first-order chi connectivity index (χ1) is 15.7. The molecule has 166 valence electrons. The van der Waals surface area contributed by atoms with Crippen LogP contribution in [0.15, 0.2) is 88.7 Å². The first-order valence-electron chi connectivity index (χ1n) is 10.4. The van der Waals surface area contributed by atoms with Crippen LogP contribution >= 0.6 is 11.6 Å². The summed E-state index contributed by atoms with van der Waals surface area (Å²) < 4.78 is 25.4. The lowest BCUT2D eigenvalue weighted by molar-refractivity contribution is 0.602. The van der Waals surface area contributed by atoms with Crippen molar-refractivity contribution < 1.29 is 8.42 Å². The number of hydrogen-bond donors (Lipinski definition) is 0. The highest BCUT2D eigenvalue weighted by molar-refractivity contribution is 7.90. The van der Waals surface area contributed by atoms with Gasteiger partial charge >= 0.3 is 0 Å². The Morgan fingerprint density at radius 3 is 2.33 bits per heavy atom. The summed E-state index contributed by atoms with van der Waals surface area (Å²) in [6, 6.07) is 21.6. The molecule has 4 rings (SSSR count). The fourth-order valence-electron chi connectivity index (χ4n) is 3.69. The van der Waals surface area contributed by atoms with Crippen LogP contribution in [0.1, 0.15) is 22.6 Å². The number of pyridine rings is 1. The third-order valence-electron chi connectivity index (χ3n) is 5.55. The van der Waals surface area contributed by atoms with Gasteiger partial charge in [0.05, 0.1) is 10.4 Å². The maximum atomic E-state index is 12.3. The average molecular weight is 476 g/mol. The maximum Gasteiger partial charge on any atom is 0.189 e. The van der Waals surface area contributed by atoms with Crippen LogP contribution < -0.4 is 5.43 Å². The highest BCUT2D eigenvalue weighted by atomic mass is 35.5. The molecule has 4 aromatic rings. The predicted molar refractivity (Wildman–Crippen MR) is 134 cm³/mol. The molecule has 0 radical (unpaired) electrons. The number of aryl methyl sites for hydroxylation is 1. The summed E-state index contributed by atoms with van der Waals surface area (Å²) in [5, 5.41) is 1.28. The van der Waals surface area contributed by atoms with Crippen molar-refractivity contribution in [3.63, 3.8) is 0 Å². The topological polar surface area (TPSA) is 56.1 Å². The molecule has 0 spiro atoms. The number of nitrogens with zero attached hydrogens (tertiary/aromatic N) is 1. The van der Waals surface area contributed by atoms with E-state index in [1.165, 1.54) is 6.26 Å². The lowest BCUT2D eigenvalue weighted by atomic mass is 9.92. The third-order valence-corrected chi connectivity index (χ3v) is 6.93. The second-order valence-corrected chi connectivity index (χ2v) is 10.5. The van der Waals surface area contributed by atoms with Gasteiger partial charge in [-0.2, -0.15) is 0 Å². The molecule has 1 heterocycles. The molecule has 0 saturated heterocycles. The van der Waals surface area contributed by atoms with Crippen molar-refractivity contribution >= 4 is 32.3 Å². The van der Waals surface area contributed by atoms with Crippen LogP contribution in [0.4, 0.5) is 0 Å². The highest BCUT2D eigenvalue weighted by Gasteiger charge is 2.12.